The minimum absolute atomic E-state index is 0.0314. The van der Waals surface area contributed by atoms with E-state index in [1.54, 1.807) is 70.2 Å². The topological polar surface area (TPSA) is 103 Å². The van der Waals surface area contributed by atoms with Crippen molar-refractivity contribution in [3.63, 3.8) is 0 Å². The van der Waals surface area contributed by atoms with Crippen molar-refractivity contribution in [3.8, 4) is 0 Å². The van der Waals surface area contributed by atoms with E-state index in [-0.39, 0.29) is 18.4 Å². The van der Waals surface area contributed by atoms with Crippen LogP contribution in [0.3, 0.4) is 0 Å². The second kappa shape index (κ2) is 9.93. The van der Waals surface area contributed by atoms with E-state index in [1.807, 2.05) is 0 Å². The van der Waals surface area contributed by atoms with Crippen molar-refractivity contribution in [2.75, 3.05) is 25.3 Å². The van der Waals surface area contributed by atoms with Crippen LogP contribution < -0.4 is 10.6 Å². The number of carbonyl (C=O) groups is 3. The predicted octanol–water partition coefficient (Wildman–Crippen LogP) is 3.74. The lowest BCUT2D eigenvalue weighted by Crippen LogP contribution is -2.39. The Bertz CT molecular complexity index is 1010. The molecule has 0 heterocycles. The van der Waals surface area contributed by atoms with Crippen molar-refractivity contribution >= 4 is 23.3 Å². The van der Waals surface area contributed by atoms with Gasteiger partial charge in [-0.15, -0.1) is 0 Å². The third-order valence-corrected chi connectivity index (χ3v) is 4.64. The lowest BCUT2D eigenvalue weighted by Gasteiger charge is -2.22. The highest BCUT2D eigenvalue weighted by atomic mass is 16.7. The summed E-state index contributed by atoms with van der Waals surface area (Å²) in [4.78, 5) is 37.4. The summed E-state index contributed by atoms with van der Waals surface area (Å²) < 4.78 is 16.0. The zero-order valence-electron chi connectivity index (χ0n) is 18.7. The van der Waals surface area contributed by atoms with Crippen LogP contribution in [0.15, 0.2) is 42.5 Å². The highest BCUT2D eigenvalue weighted by Gasteiger charge is 2.31. The van der Waals surface area contributed by atoms with Gasteiger partial charge in [0.15, 0.2) is 11.6 Å². The lowest BCUT2D eigenvalue weighted by molar-refractivity contribution is -0.0906. The monoisotopic (exact) mass is 440 g/mol. The molecule has 8 heteroatoms. The van der Waals surface area contributed by atoms with E-state index >= 15 is 0 Å². The van der Waals surface area contributed by atoms with Gasteiger partial charge in [-0.1, -0.05) is 36.4 Å². The molecule has 0 saturated heterocycles. The average molecular weight is 440 g/mol. The van der Waals surface area contributed by atoms with Crippen LogP contribution in [0, 0.1) is 0 Å². The first-order valence-corrected chi connectivity index (χ1v) is 10.4. The van der Waals surface area contributed by atoms with E-state index in [2.05, 4.69) is 10.6 Å². The predicted molar refractivity (Wildman–Crippen MR) is 119 cm³/mol. The molecule has 0 saturated carbocycles. The number of anilines is 1. The lowest BCUT2D eigenvalue weighted by atomic mass is 9.83. The molecule has 1 aliphatic carbocycles. The van der Waals surface area contributed by atoms with Gasteiger partial charge in [-0.2, -0.15) is 0 Å². The summed E-state index contributed by atoms with van der Waals surface area (Å²) in [7, 11) is 0. The molecule has 170 valence electrons. The first-order valence-electron chi connectivity index (χ1n) is 10.4. The van der Waals surface area contributed by atoms with E-state index in [0.29, 0.717) is 41.1 Å². The number of fused-ring (bicyclic) bond motifs is 2. The maximum absolute atomic E-state index is 13.0. The molecule has 8 nitrogen and oxygen atoms in total. The van der Waals surface area contributed by atoms with E-state index < -0.39 is 17.9 Å². The largest absolute Gasteiger partial charge is 0.444 e. The number of hydrogen-bond donors (Lipinski definition) is 2. The minimum Gasteiger partial charge on any atom is -0.444 e. The van der Waals surface area contributed by atoms with Crippen molar-refractivity contribution in [1.82, 2.24) is 5.32 Å². The Morgan fingerprint density at radius 3 is 2.31 bits per heavy atom. The summed E-state index contributed by atoms with van der Waals surface area (Å²) >= 11 is 0. The third kappa shape index (κ3) is 5.72. The molecule has 0 radical (unpaired) electrons. The van der Waals surface area contributed by atoms with Crippen LogP contribution >= 0.6 is 0 Å². The maximum atomic E-state index is 13.0. The van der Waals surface area contributed by atoms with E-state index in [1.165, 1.54) is 0 Å². The van der Waals surface area contributed by atoms with Gasteiger partial charge in [0.05, 0.1) is 12.2 Å². The zero-order chi connectivity index (χ0) is 23.3. The highest BCUT2D eigenvalue weighted by molar-refractivity contribution is 6.30. The molecule has 1 atom stereocenters. The summed E-state index contributed by atoms with van der Waals surface area (Å²) in [5.74, 6) is -0.334. The van der Waals surface area contributed by atoms with Crippen LogP contribution in [0.4, 0.5) is 10.5 Å². The van der Waals surface area contributed by atoms with E-state index in [0.717, 1.165) is 0 Å². The van der Waals surface area contributed by atoms with Crippen molar-refractivity contribution in [1.29, 1.82) is 0 Å². The van der Waals surface area contributed by atoms with Gasteiger partial charge in [0.1, 0.15) is 18.6 Å². The quantitative estimate of drug-likeness (QED) is 0.406. The van der Waals surface area contributed by atoms with E-state index in [9.17, 15) is 14.4 Å². The number of rotatable bonds is 8. The first kappa shape index (κ1) is 23.4. The van der Waals surface area contributed by atoms with Crippen molar-refractivity contribution in [3.05, 3.63) is 64.7 Å². The number of ketones is 2. The number of alkyl carbamates (subject to hydrolysis) is 1. The van der Waals surface area contributed by atoms with Gasteiger partial charge in [0.2, 0.25) is 0 Å². The molecule has 2 aromatic carbocycles. The Labute approximate surface area is 187 Å². The second-order valence-corrected chi connectivity index (χ2v) is 8.34. The van der Waals surface area contributed by atoms with Gasteiger partial charge >= 0.3 is 6.09 Å². The van der Waals surface area contributed by atoms with Crippen molar-refractivity contribution in [2.45, 2.75) is 39.5 Å². The first-order chi connectivity index (χ1) is 15.2. The third-order valence-electron chi connectivity index (χ3n) is 4.64. The standard InChI is InChI=1S/C24H28N2O6/c1-15(26-23(29)32-24(2,3)4)31-14-30-13-12-25-19-11-7-10-18-20(19)22(28)17-9-6-5-8-16(17)21(18)27/h5-11,15,25H,12-14H2,1-4H3,(H,26,29)/t15-/m1/s1. The fourth-order valence-electron chi connectivity index (χ4n) is 3.27. The fourth-order valence-corrected chi connectivity index (χ4v) is 3.27. The molecule has 3 rings (SSSR count). The summed E-state index contributed by atoms with van der Waals surface area (Å²) in [5.41, 5.74) is 1.61. The number of ether oxygens (including phenoxy) is 3. The molecule has 0 spiro atoms. The number of nitrogens with one attached hydrogen (secondary N) is 2. The van der Waals surface area contributed by atoms with Crippen LogP contribution in [-0.4, -0.2) is 49.4 Å². The van der Waals surface area contributed by atoms with Crippen molar-refractivity contribution in [2.24, 2.45) is 0 Å². The Hall–Kier alpha value is -3.23. The van der Waals surface area contributed by atoms with Crippen LogP contribution in [0.25, 0.3) is 0 Å². The summed E-state index contributed by atoms with van der Waals surface area (Å²) in [6, 6.07) is 12.0. The number of hydrogen-bond acceptors (Lipinski definition) is 7. The summed E-state index contributed by atoms with van der Waals surface area (Å²) in [6.07, 6.45) is -1.15. The molecule has 32 heavy (non-hydrogen) atoms. The van der Waals surface area contributed by atoms with Gasteiger partial charge in [-0.3, -0.25) is 14.9 Å². The SMILES string of the molecule is C[C@H](NC(=O)OC(C)(C)C)OCOCCNc1cccc2c1C(=O)c1ccccc1C2=O. The molecular weight excluding hydrogens is 412 g/mol. The van der Waals surface area contributed by atoms with Crippen molar-refractivity contribution < 1.29 is 28.6 Å². The van der Waals surface area contributed by atoms with Crippen LogP contribution in [0.1, 0.15) is 59.5 Å². The van der Waals surface area contributed by atoms with Gasteiger partial charge in [0.25, 0.3) is 0 Å². The zero-order valence-corrected chi connectivity index (χ0v) is 18.7. The molecule has 1 aliphatic rings. The smallest absolute Gasteiger partial charge is 0.409 e. The molecule has 1 amide bonds. The average Bonchev–Trinajstić information content (AvgIpc) is 2.72. The fraction of sp³-hybridized carbons (Fsp3) is 0.375. The molecule has 2 N–H and O–H groups in total. The summed E-state index contributed by atoms with van der Waals surface area (Å²) in [6.45, 7) is 7.66. The molecule has 0 aromatic heterocycles. The molecule has 0 bridgehead atoms. The Morgan fingerprint density at radius 1 is 0.969 bits per heavy atom. The highest BCUT2D eigenvalue weighted by Crippen LogP contribution is 2.31. The molecule has 0 unspecified atom stereocenters. The second-order valence-electron chi connectivity index (χ2n) is 8.34. The maximum Gasteiger partial charge on any atom is 0.409 e. The summed E-state index contributed by atoms with van der Waals surface area (Å²) in [5, 5.41) is 5.71. The number of benzene rings is 2. The van der Waals surface area contributed by atoms with E-state index in [4.69, 9.17) is 14.2 Å². The molecular formula is C24H28N2O6. The van der Waals surface area contributed by atoms with Gasteiger partial charge in [-0.25, -0.2) is 4.79 Å². The van der Waals surface area contributed by atoms with Crippen LogP contribution in [0.5, 0.6) is 0 Å². The minimum atomic E-state index is -0.587. The Morgan fingerprint density at radius 2 is 1.62 bits per heavy atom. The molecule has 2 aromatic rings. The van der Waals surface area contributed by atoms with Gasteiger partial charge < -0.3 is 19.5 Å². The normalized spacial score (nSPS) is 13.8. The Balaban J connectivity index is 1.47. The van der Waals surface area contributed by atoms with Crippen LogP contribution in [-0.2, 0) is 14.2 Å². The van der Waals surface area contributed by atoms with Gasteiger partial charge in [-0.05, 0) is 33.8 Å². The number of amides is 1. The van der Waals surface area contributed by atoms with Gasteiger partial charge in [0, 0.05) is 28.9 Å². The number of carbonyl (C=O) groups excluding carboxylic acids is 3. The molecule has 0 aliphatic heterocycles. The molecule has 0 fully saturated rings. The van der Waals surface area contributed by atoms with Crippen LogP contribution in [0.2, 0.25) is 0 Å². The Kier molecular flexibility index (Phi) is 7.27.